The third-order valence-electron chi connectivity index (χ3n) is 4.99. The first kappa shape index (κ1) is 24.9. The Balaban J connectivity index is 1.48. The SMILES string of the molecule is Cc1cccc(C(=O)Nc2ccc(NC(=S)NC(=O)c3ccc(OCCC(C)C)cc3)cc2)c1. The fourth-order valence-electron chi connectivity index (χ4n) is 3.08. The molecule has 176 valence electrons. The molecule has 0 bridgehead atoms. The van der Waals surface area contributed by atoms with E-state index < -0.39 is 0 Å². The zero-order valence-corrected chi connectivity index (χ0v) is 20.4. The third-order valence-corrected chi connectivity index (χ3v) is 5.19. The number of anilines is 2. The van der Waals surface area contributed by atoms with E-state index in [9.17, 15) is 9.59 Å². The van der Waals surface area contributed by atoms with Gasteiger partial charge in [-0.25, -0.2) is 0 Å². The van der Waals surface area contributed by atoms with Crippen molar-refractivity contribution in [3.63, 3.8) is 0 Å². The Morgan fingerprint density at radius 3 is 2.12 bits per heavy atom. The second kappa shape index (κ2) is 12.0. The van der Waals surface area contributed by atoms with Crippen molar-refractivity contribution >= 4 is 40.5 Å². The van der Waals surface area contributed by atoms with Crippen molar-refractivity contribution in [1.29, 1.82) is 0 Å². The van der Waals surface area contributed by atoms with Crippen LogP contribution in [0.25, 0.3) is 0 Å². The second-order valence-electron chi connectivity index (χ2n) is 8.36. The zero-order valence-electron chi connectivity index (χ0n) is 19.6. The molecule has 0 spiro atoms. The van der Waals surface area contributed by atoms with E-state index in [0.717, 1.165) is 17.7 Å². The molecule has 0 aliphatic rings. The smallest absolute Gasteiger partial charge is 0.257 e. The molecule has 0 saturated carbocycles. The average Bonchev–Trinajstić information content (AvgIpc) is 2.80. The number of amides is 2. The molecular formula is C27H29N3O3S. The molecule has 3 N–H and O–H groups in total. The predicted octanol–water partition coefficient (Wildman–Crippen LogP) is 5.80. The number of carbonyl (C=O) groups excluding carboxylic acids is 2. The minimum Gasteiger partial charge on any atom is -0.494 e. The number of hydrogen-bond acceptors (Lipinski definition) is 4. The van der Waals surface area contributed by atoms with Crippen molar-refractivity contribution in [3.05, 3.63) is 89.5 Å². The highest BCUT2D eigenvalue weighted by molar-refractivity contribution is 7.80. The molecule has 0 aromatic heterocycles. The molecule has 0 aliphatic heterocycles. The second-order valence-corrected chi connectivity index (χ2v) is 8.77. The Bertz CT molecular complexity index is 1140. The van der Waals surface area contributed by atoms with Crippen LogP contribution in [0, 0.1) is 12.8 Å². The highest BCUT2D eigenvalue weighted by atomic mass is 32.1. The van der Waals surface area contributed by atoms with Crippen molar-refractivity contribution in [1.82, 2.24) is 5.32 Å². The fraction of sp³-hybridized carbons (Fsp3) is 0.222. The van der Waals surface area contributed by atoms with E-state index in [1.54, 1.807) is 54.6 Å². The molecule has 0 unspecified atom stereocenters. The standard InChI is InChI=1S/C27H29N3O3S/c1-18(2)15-16-33-24-13-7-20(8-14-24)25(31)30-27(34)29-23-11-9-22(10-12-23)28-26(32)21-6-4-5-19(3)17-21/h4-14,17-18H,15-16H2,1-3H3,(H,28,32)(H2,29,30,31,34). The summed E-state index contributed by atoms with van der Waals surface area (Å²) in [6.45, 7) is 6.88. The van der Waals surface area contributed by atoms with Gasteiger partial charge in [0.2, 0.25) is 0 Å². The minimum atomic E-state index is -0.312. The number of hydrogen-bond donors (Lipinski definition) is 3. The summed E-state index contributed by atoms with van der Waals surface area (Å²) in [5.74, 6) is 0.816. The van der Waals surface area contributed by atoms with Gasteiger partial charge in [0.1, 0.15) is 5.75 Å². The van der Waals surface area contributed by atoms with Gasteiger partial charge in [-0.15, -0.1) is 0 Å². The van der Waals surface area contributed by atoms with Gasteiger partial charge in [-0.05, 0) is 92.1 Å². The van der Waals surface area contributed by atoms with Crippen LogP contribution < -0.4 is 20.7 Å². The molecule has 2 amide bonds. The first-order chi connectivity index (χ1) is 16.3. The Labute approximate surface area is 205 Å². The summed E-state index contributed by atoms with van der Waals surface area (Å²) in [5.41, 5.74) is 3.44. The molecule has 0 saturated heterocycles. The lowest BCUT2D eigenvalue weighted by Gasteiger charge is -2.11. The van der Waals surface area contributed by atoms with Gasteiger partial charge < -0.3 is 15.4 Å². The molecule has 0 atom stereocenters. The lowest BCUT2D eigenvalue weighted by atomic mass is 10.1. The Morgan fingerprint density at radius 2 is 1.50 bits per heavy atom. The van der Waals surface area contributed by atoms with Crippen molar-refractivity contribution in [2.45, 2.75) is 27.2 Å². The van der Waals surface area contributed by atoms with Gasteiger partial charge in [0.05, 0.1) is 6.61 Å². The van der Waals surface area contributed by atoms with Gasteiger partial charge >= 0.3 is 0 Å². The van der Waals surface area contributed by atoms with E-state index in [1.165, 1.54) is 0 Å². The summed E-state index contributed by atoms with van der Waals surface area (Å²) < 4.78 is 5.68. The molecule has 3 aromatic carbocycles. The van der Waals surface area contributed by atoms with Crippen LogP contribution in [0.5, 0.6) is 5.75 Å². The van der Waals surface area contributed by atoms with E-state index in [1.807, 2.05) is 25.1 Å². The van der Waals surface area contributed by atoms with E-state index in [-0.39, 0.29) is 16.9 Å². The monoisotopic (exact) mass is 475 g/mol. The van der Waals surface area contributed by atoms with Crippen molar-refractivity contribution in [3.8, 4) is 5.75 Å². The zero-order chi connectivity index (χ0) is 24.5. The molecule has 0 aliphatic carbocycles. The number of carbonyl (C=O) groups is 2. The highest BCUT2D eigenvalue weighted by Crippen LogP contribution is 2.16. The van der Waals surface area contributed by atoms with Crippen LogP contribution in [0.3, 0.4) is 0 Å². The summed E-state index contributed by atoms with van der Waals surface area (Å²) in [4.78, 5) is 24.8. The average molecular weight is 476 g/mol. The topological polar surface area (TPSA) is 79.5 Å². The van der Waals surface area contributed by atoms with Gasteiger partial charge in [-0.3, -0.25) is 14.9 Å². The van der Waals surface area contributed by atoms with Gasteiger partial charge in [0.25, 0.3) is 11.8 Å². The van der Waals surface area contributed by atoms with E-state index in [0.29, 0.717) is 35.0 Å². The van der Waals surface area contributed by atoms with Gasteiger partial charge in [-0.1, -0.05) is 31.5 Å². The van der Waals surface area contributed by atoms with Crippen molar-refractivity contribution < 1.29 is 14.3 Å². The van der Waals surface area contributed by atoms with Crippen LogP contribution in [-0.2, 0) is 0 Å². The molecule has 0 heterocycles. The number of aryl methyl sites for hydroxylation is 1. The summed E-state index contributed by atoms with van der Waals surface area (Å²) in [6, 6.07) is 21.4. The van der Waals surface area contributed by atoms with Gasteiger partial charge in [0.15, 0.2) is 5.11 Å². The number of thiocarbonyl (C=S) groups is 1. The Kier molecular flexibility index (Phi) is 8.76. The molecular weight excluding hydrogens is 446 g/mol. The fourth-order valence-corrected chi connectivity index (χ4v) is 3.29. The van der Waals surface area contributed by atoms with Gasteiger partial charge in [-0.2, -0.15) is 0 Å². The van der Waals surface area contributed by atoms with Crippen molar-refractivity contribution in [2.24, 2.45) is 5.92 Å². The van der Waals surface area contributed by atoms with Crippen LogP contribution in [-0.4, -0.2) is 23.5 Å². The van der Waals surface area contributed by atoms with Crippen LogP contribution in [0.4, 0.5) is 11.4 Å². The molecule has 34 heavy (non-hydrogen) atoms. The van der Waals surface area contributed by atoms with Crippen LogP contribution >= 0.6 is 12.2 Å². The Morgan fingerprint density at radius 1 is 0.853 bits per heavy atom. The quantitative estimate of drug-likeness (QED) is 0.359. The summed E-state index contributed by atoms with van der Waals surface area (Å²) >= 11 is 5.26. The predicted molar refractivity (Wildman–Crippen MR) is 141 cm³/mol. The number of nitrogens with one attached hydrogen (secondary N) is 3. The Hall–Kier alpha value is -3.71. The molecule has 0 fully saturated rings. The third kappa shape index (κ3) is 7.71. The lowest BCUT2D eigenvalue weighted by molar-refractivity contribution is 0.0976. The van der Waals surface area contributed by atoms with Crippen molar-refractivity contribution in [2.75, 3.05) is 17.2 Å². The summed E-state index contributed by atoms with van der Waals surface area (Å²) in [7, 11) is 0. The summed E-state index contributed by atoms with van der Waals surface area (Å²) in [5, 5.41) is 8.68. The first-order valence-electron chi connectivity index (χ1n) is 11.1. The normalized spacial score (nSPS) is 10.5. The van der Waals surface area contributed by atoms with Crippen LogP contribution in [0.1, 0.15) is 46.5 Å². The lowest BCUT2D eigenvalue weighted by Crippen LogP contribution is -2.34. The maximum absolute atomic E-state index is 12.5. The highest BCUT2D eigenvalue weighted by Gasteiger charge is 2.10. The number of rotatable bonds is 8. The largest absolute Gasteiger partial charge is 0.494 e. The number of ether oxygens (including phenoxy) is 1. The molecule has 3 aromatic rings. The maximum atomic E-state index is 12.5. The van der Waals surface area contributed by atoms with E-state index in [2.05, 4.69) is 29.8 Å². The molecule has 3 rings (SSSR count). The first-order valence-corrected chi connectivity index (χ1v) is 11.5. The van der Waals surface area contributed by atoms with Crippen LogP contribution in [0.15, 0.2) is 72.8 Å². The minimum absolute atomic E-state index is 0.177. The molecule has 7 heteroatoms. The maximum Gasteiger partial charge on any atom is 0.257 e. The molecule has 6 nitrogen and oxygen atoms in total. The van der Waals surface area contributed by atoms with Gasteiger partial charge in [0, 0.05) is 22.5 Å². The van der Waals surface area contributed by atoms with Crippen LogP contribution in [0.2, 0.25) is 0 Å². The number of benzene rings is 3. The van der Waals surface area contributed by atoms with E-state index in [4.69, 9.17) is 17.0 Å². The van der Waals surface area contributed by atoms with E-state index >= 15 is 0 Å². The summed E-state index contributed by atoms with van der Waals surface area (Å²) in [6.07, 6.45) is 0.974. The molecule has 0 radical (unpaired) electrons.